The molecule has 7 aromatic rings. The summed E-state index contributed by atoms with van der Waals surface area (Å²) in [6.45, 7) is 6.35. The van der Waals surface area contributed by atoms with Gasteiger partial charge in [-0.15, -0.1) is 35.7 Å². The zero-order valence-electron chi connectivity index (χ0n) is 26.6. The predicted molar refractivity (Wildman–Crippen MR) is 178 cm³/mol. The minimum absolute atomic E-state index is 0. The Labute approximate surface area is 280 Å². The van der Waals surface area contributed by atoms with Crippen molar-refractivity contribution in [3.05, 3.63) is 132 Å². The first kappa shape index (κ1) is 29.3. The van der Waals surface area contributed by atoms with E-state index < -0.39 is 0 Å². The summed E-state index contributed by atoms with van der Waals surface area (Å²) >= 11 is 0. The topological polar surface area (TPSA) is 44.9 Å². The van der Waals surface area contributed by atoms with Crippen LogP contribution < -0.4 is 4.74 Å². The maximum atomic E-state index is 8.24. The summed E-state index contributed by atoms with van der Waals surface area (Å²) in [5.41, 5.74) is 8.29. The summed E-state index contributed by atoms with van der Waals surface area (Å²) in [7, 11) is 0. The third-order valence-electron chi connectivity index (χ3n) is 8.16. The molecule has 0 N–H and O–H groups in total. The van der Waals surface area contributed by atoms with E-state index in [4.69, 9.17) is 11.2 Å². The van der Waals surface area contributed by atoms with E-state index in [-0.39, 0.29) is 21.1 Å². The van der Waals surface area contributed by atoms with E-state index in [1.54, 1.807) is 18.3 Å². The molecule has 0 atom stereocenters. The predicted octanol–water partition coefficient (Wildman–Crippen LogP) is 9.77. The Bertz CT molecular complexity index is 2150. The molecule has 6 heteroatoms. The van der Waals surface area contributed by atoms with E-state index >= 15 is 0 Å². The van der Waals surface area contributed by atoms with Gasteiger partial charge in [0.25, 0.3) is 0 Å². The number of hydrogen-bond acceptors (Lipinski definition) is 3. The molecule has 45 heavy (non-hydrogen) atoms. The van der Waals surface area contributed by atoms with Gasteiger partial charge in [0.2, 0.25) is 0 Å². The number of pyridine rings is 1. The van der Waals surface area contributed by atoms with Crippen LogP contribution in [0.25, 0.3) is 44.4 Å². The number of unbranched alkanes of at least 4 members (excludes halogenated alkanes) is 2. The van der Waals surface area contributed by atoms with Crippen LogP contribution in [0, 0.1) is 26.0 Å². The molecule has 0 unspecified atom stereocenters. The molecule has 0 aliphatic rings. The molecule has 3 heterocycles. The van der Waals surface area contributed by atoms with E-state index in [0.717, 1.165) is 56.4 Å². The van der Waals surface area contributed by atoms with Gasteiger partial charge in [-0.2, -0.15) is 17.2 Å². The Morgan fingerprint density at radius 3 is 2.51 bits per heavy atom. The summed E-state index contributed by atoms with van der Waals surface area (Å²) in [5, 5.41) is 7.06. The van der Waals surface area contributed by atoms with Gasteiger partial charge in [-0.05, 0) is 67.1 Å². The quantitative estimate of drug-likeness (QED) is 0.109. The van der Waals surface area contributed by atoms with E-state index in [9.17, 15) is 0 Å². The first-order valence-corrected chi connectivity index (χ1v) is 15.2. The summed E-state index contributed by atoms with van der Waals surface area (Å²) in [5.74, 6) is 1.83. The average molecular weight is 771 g/mol. The summed E-state index contributed by atoms with van der Waals surface area (Å²) in [6.07, 6.45) is 6.33. The van der Waals surface area contributed by atoms with Crippen molar-refractivity contribution >= 4 is 21.8 Å². The number of ether oxygens (including phenoxy) is 1. The van der Waals surface area contributed by atoms with Gasteiger partial charge in [-0.25, -0.2) is 4.98 Å². The summed E-state index contributed by atoms with van der Waals surface area (Å²) < 4.78 is 18.6. The number of aromatic nitrogens is 4. The Hall–Kier alpha value is -4.47. The molecular weight excluding hydrogens is 736 g/mol. The number of rotatable bonds is 9. The van der Waals surface area contributed by atoms with Gasteiger partial charge in [0.05, 0.1) is 7.06 Å². The van der Waals surface area contributed by atoms with Gasteiger partial charge in [0.15, 0.2) is 0 Å². The standard InChI is InChI=1S/C39H34N4O.Pt/c1-4-5-7-13-29-19-22-36-35(24-29)34-21-20-33(26-37(34)42(36)38-18-10-11-23-40-38)44-32-17-12-16-31(25-32)43-28(3)39(27(2)41-43)30-14-8-6-9-15-30;/h6,8-12,14-24H,4-5,7,13H2,1-3H3;/q-2;+2/i10D;. The van der Waals surface area contributed by atoms with Gasteiger partial charge in [-0.1, -0.05) is 73.8 Å². The molecular formula is C39H34N4OPt. The second-order valence-electron chi connectivity index (χ2n) is 11.2. The first-order valence-electron chi connectivity index (χ1n) is 15.7. The number of benzene rings is 4. The van der Waals surface area contributed by atoms with Crippen molar-refractivity contribution in [2.24, 2.45) is 0 Å². The first-order chi connectivity index (χ1) is 22.0. The van der Waals surface area contributed by atoms with Gasteiger partial charge in [-0.3, -0.25) is 4.68 Å². The van der Waals surface area contributed by atoms with Crippen LogP contribution in [-0.4, -0.2) is 19.3 Å². The van der Waals surface area contributed by atoms with Crippen molar-refractivity contribution in [3.8, 4) is 34.1 Å². The Balaban J connectivity index is 0.00000372. The van der Waals surface area contributed by atoms with Gasteiger partial charge in [0, 0.05) is 34.5 Å². The van der Waals surface area contributed by atoms with Gasteiger partial charge >= 0.3 is 21.1 Å². The van der Waals surface area contributed by atoms with Crippen LogP contribution in [0.2, 0.25) is 0 Å². The van der Waals surface area contributed by atoms with E-state index in [0.29, 0.717) is 23.4 Å². The molecule has 4 aromatic carbocycles. The van der Waals surface area contributed by atoms with Crippen molar-refractivity contribution in [2.75, 3.05) is 0 Å². The number of fused-ring (bicyclic) bond motifs is 3. The zero-order chi connectivity index (χ0) is 30.9. The molecule has 0 bridgehead atoms. The van der Waals surface area contributed by atoms with Crippen molar-refractivity contribution in [2.45, 2.75) is 46.5 Å². The molecule has 3 aromatic heterocycles. The minimum Gasteiger partial charge on any atom is -0.509 e. The van der Waals surface area contributed by atoms with E-state index in [1.165, 1.54) is 24.8 Å². The van der Waals surface area contributed by atoms with Crippen molar-refractivity contribution in [1.29, 1.82) is 0 Å². The van der Waals surface area contributed by atoms with Crippen LogP contribution in [0.4, 0.5) is 0 Å². The molecule has 0 spiro atoms. The monoisotopic (exact) mass is 770 g/mol. The van der Waals surface area contributed by atoms with E-state index in [1.807, 2.05) is 54.1 Å². The SMILES string of the molecule is [2H]c1ccnc(-n2c3[c-]c(Oc4[c-]c(-n5nc(C)c(-c6ccccc6)c5C)ccc4)ccc3c3cc(CCCCC)ccc32)c1.[Pt+2]. The number of nitrogens with zero attached hydrogens (tertiary/aromatic N) is 4. The summed E-state index contributed by atoms with van der Waals surface area (Å²) in [4.78, 5) is 4.63. The van der Waals surface area contributed by atoms with Crippen LogP contribution in [0.3, 0.4) is 0 Å². The molecule has 0 saturated carbocycles. The summed E-state index contributed by atoms with van der Waals surface area (Å²) in [6, 6.07) is 37.7. The van der Waals surface area contributed by atoms with Gasteiger partial charge in [0.1, 0.15) is 5.82 Å². The van der Waals surface area contributed by atoms with Crippen LogP contribution in [0.1, 0.15) is 44.5 Å². The maximum Gasteiger partial charge on any atom is 2.00 e. The van der Waals surface area contributed by atoms with Gasteiger partial charge < -0.3 is 9.30 Å². The normalized spacial score (nSPS) is 11.5. The minimum atomic E-state index is 0. The van der Waals surface area contributed by atoms with Crippen molar-refractivity contribution in [1.82, 2.24) is 19.3 Å². The van der Waals surface area contributed by atoms with Crippen LogP contribution in [-0.2, 0) is 27.5 Å². The second-order valence-corrected chi connectivity index (χ2v) is 11.2. The molecule has 0 fully saturated rings. The fourth-order valence-corrected chi connectivity index (χ4v) is 6.08. The largest absolute Gasteiger partial charge is 2.00 e. The fourth-order valence-electron chi connectivity index (χ4n) is 6.08. The average Bonchev–Trinajstić information content (AvgIpc) is 3.54. The van der Waals surface area contributed by atoms with E-state index in [2.05, 4.69) is 71.9 Å². The van der Waals surface area contributed by atoms with Crippen LogP contribution in [0.5, 0.6) is 11.5 Å². The molecule has 0 amide bonds. The molecule has 0 radical (unpaired) electrons. The van der Waals surface area contributed by atoms with Crippen LogP contribution in [0.15, 0.2) is 103 Å². The Morgan fingerprint density at radius 2 is 1.69 bits per heavy atom. The number of aryl methyl sites for hydroxylation is 2. The Kier molecular flexibility index (Phi) is 8.62. The number of hydrogen-bond donors (Lipinski definition) is 0. The van der Waals surface area contributed by atoms with Crippen molar-refractivity contribution < 1.29 is 27.2 Å². The third-order valence-corrected chi connectivity index (χ3v) is 8.16. The third kappa shape index (κ3) is 5.97. The molecule has 226 valence electrons. The zero-order valence-corrected chi connectivity index (χ0v) is 27.9. The van der Waals surface area contributed by atoms with Crippen LogP contribution >= 0.6 is 0 Å². The second kappa shape index (κ2) is 13.3. The molecule has 0 aliphatic carbocycles. The maximum absolute atomic E-state index is 8.24. The molecule has 5 nitrogen and oxygen atoms in total. The molecule has 0 saturated heterocycles. The molecule has 7 rings (SSSR count). The molecule has 0 aliphatic heterocycles. The smallest absolute Gasteiger partial charge is 0.509 e. The fraction of sp³-hybridized carbons (Fsp3) is 0.179. The Morgan fingerprint density at radius 1 is 0.844 bits per heavy atom. The van der Waals surface area contributed by atoms with Crippen molar-refractivity contribution in [3.63, 3.8) is 0 Å².